The number of rotatable bonds is 8. The number of methoxy groups -OCH3 is 1. The number of hydrogen-bond acceptors (Lipinski definition) is 4. The lowest BCUT2D eigenvalue weighted by Gasteiger charge is -2.15. The summed E-state index contributed by atoms with van der Waals surface area (Å²) in [4.78, 5) is 11.9. The van der Waals surface area contributed by atoms with E-state index in [1.54, 1.807) is 31.4 Å². The maximum absolute atomic E-state index is 11.9. The van der Waals surface area contributed by atoms with E-state index in [1.165, 1.54) is 0 Å². The number of carbonyl (C=O) groups excluding carboxylic acids is 1. The highest BCUT2D eigenvalue weighted by Gasteiger charge is 2.09. The number of benzene rings is 2. The summed E-state index contributed by atoms with van der Waals surface area (Å²) in [6.45, 7) is 2.14. The summed E-state index contributed by atoms with van der Waals surface area (Å²) < 4.78 is 16.1. The van der Waals surface area contributed by atoms with E-state index in [1.807, 2.05) is 31.2 Å². The number of ether oxygens (including phenoxy) is 3. The third-order valence-electron chi connectivity index (χ3n) is 3.13. The lowest BCUT2D eigenvalue weighted by Crippen LogP contribution is -2.39. The number of nitrogens with one attached hydrogen (secondary N) is 1. The smallest absolute Gasteiger partial charge is 0.258 e. The second-order valence-electron chi connectivity index (χ2n) is 5.20. The van der Waals surface area contributed by atoms with E-state index < -0.39 is 0 Å². The Hall–Kier alpha value is -2.40. The van der Waals surface area contributed by atoms with E-state index in [0.29, 0.717) is 23.1 Å². The van der Waals surface area contributed by atoms with Crippen LogP contribution in [0, 0.1) is 0 Å². The average Bonchev–Trinajstić information content (AvgIpc) is 2.59. The van der Waals surface area contributed by atoms with Crippen LogP contribution in [0.3, 0.4) is 0 Å². The molecule has 0 aliphatic heterocycles. The standard InChI is InChI=1S/C18H20ClNO4/c1-13(11-23-16-8-6-15(22-2)7-9-16)20-18(21)12-24-17-5-3-4-14(19)10-17/h3-10,13H,11-12H2,1-2H3,(H,20,21)/t13-/m1/s1. The van der Waals surface area contributed by atoms with Gasteiger partial charge in [0, 0.05) is 5.02 Å². The molecule has 128 valence electrons. The van der Waals surface area contributed by atoms with Gasteiger partial charge in [-0.3, -0.25) is 4.79 Å². The zero-order valence-corrected chi connectivity index (χ0v) is 14.4. The molecule has 1 amide bonds. The molecule has 5 nitrogen and oxygen atoms in total. The van der Waals surface area contributed by atoms with Gasteiger partial charge >= 0.3 is 0 Å². The molecule has 2 aromatic carbocycles. The second kappa shape index (κ2) is 9.03. The van der Waals surface area contributed by atoms with Crippen molar-refractivity contribution < 1.29 is 19.0 Å². The molecule has 1 atom stereocenters. The SMILES string of the molecule is COc1ccc(OC[C@@H](C)NC(=O)COc2cccc(Cl)c2)cc1. The van der Waals surface area contributed by atoms with Gasteiger partial charge in [-0.2, -0.15) is 0 Å². The van der Waals surface area contributed by atoms with Gasteiger partial charge in [-0.15, -0.1) is 0 Å². The van der Waals surface area contributed by atoms with Crippen molar-refractivity contribution in [2.45, 2.75) is 13.0 Å². The maximum atomic E-state index is 11.9. The summed E-state index contributed by atoms with van der Waals surface area (Å²) in [5, 5.41) is 3.37. The van der Waals surface area contributed by atoms with Crippen LogP contribution in [0.5, 0.6) is 17.2 Å². The first-order valence-electron chi connectivity index (χ1n) is 7.51. The fourth-order valence-electron chi connectivity index (χ4n) is 1.96. The van der Waals surface area contributed by atoms with Gasteiger partial charge in [-0.1, -0.05) is 17.7 Å². The third-order valence-corrected chi connectivity index (χ3v) is 3.37. The van der Waals surface area contributed by atoms with Crippen LogP contribution in [0.1, 0.15) is 6.92 Å². The second-order valence-corrected chi connectivity index (χ2v) is 5.64. The molecule has 0 saturated heterocycles. The molecule has 6 heteroatoms. The fraction of sp³-hybridized carbons (Fsp3) is 0.278. The monoisotopic (exact) mass is 349 g/mol. The molecule has 0 fully saturated rings. The lowest BCUT2D eigenvalue weighted by molar-refractivity contribution is -0.123. The molecule has 2 rings (SSSR count). The van der Waals surface area contributed by atoms with Crippen molar-refractivity contribution in [1.29, 1.82) is 0 Å². The van der Waals surface area contributed by atoms with Gasteiger partial charge in [0.05, 0.1) is 13.2 Å². The van der Waals surface area contributed by atoms with Gasteiger partial charge in [-0.05, 0) is 49.4 Å². The normalized spacial score (nSPS) is 11.5. The Kier molecular flexibility index (Phi) is 6.75. The van der Waals surface area contributed by atoms with Crippen molar-refractivity contribution in [3.8, 4) is 17.2 Å². The molecule has 2 aromatic rings. The van der Waals surface area contributed by atoms with E-state index in [9.17, 15) is 4.79 Å². The highest BCUT2D eigenvalue weighted by molar-refractivity contribution is 6.30. The van der Waals surface area contributed by atoms with Crippen molar-refractivity contribution in [1.82, 2.24) is 5.32 Å². The van der Waals surface area contributed by atoms with Crippen molar-refractivity contribution in [2.24, 2.45) is 0 Å². The Bertz CT molecular complexity index is 660. The first-order chi connectivity index (χ1) is 11.6. The Labute approximate surface area is 146 Å². The van der Waals surface area contributed by atoms with Gasteiger partial charge in [0.2, 0.25) is 0 Å². The largest absolute Gasteiger partial charge is 0.497 e. The summed E-state index contributed by atoms with van der Waals surface area (Å²) in [6.07, 6.45) is 0. The predicted octanol–water partition coefficient (Wildman–Crippen LogP) is 3.31. The highest BCUT2D eigenvalue weighted by atomic mass is 35.5. The first kappa shape index (κ1) is 17.9. The topological polar surface area (TPSA) is 56.8 Å². The number of halogens is 1. The quantitative estimate of drug-likeness (QED) is 0.794. The first-order valence-corrected chi connectivity index (χ1v) is 7.89. The fourth-order valence-corrected chi connectivity index (χ4v) is 2.14. The summed E-state index contributed by atoms with van der Waals surface area (Å²) in [6, 6.07) is 14.0. The number of carbonyl (C=O) groups is 1. The van der Waals surface area contributed by atoms with Crippen molar-refractivity contribution in [3.05, 3.63) is 53.6 Å². The van der Waals surface area contributed by atoms with E-state index in [4.69, 9.17) is 25.8 Å². The van der Waals surface area contributed by atoms with Crippen LogP contribution in [0.4, 0.5) is 0 Å². The van der Waals surface area contributed by atoms with Crippen molar-refractivity contribution in [3.63, 3.8) is 0 Å². The lowest BCUT2D eigenvalue weighted by atomic mass is 10.3. The minimum absolute atomic E-state index is 0.0762. The molecule has 0 saturated carbocycles. The van der Waals surface area contributed by atoms with Gasteiger partial charge in [0.1, 0.15) is 23.9 Å². The Morgan fingerprint density at radius 2 is 1.79 bits per heavy atom. The van der Waals surface area contributed by atoms with Gasteiger partial charge in [0.25, 0.3) is 5.91 Å². The molecule has 0 aliphatic carbocycles. The molecule has 0 heterocycles. The van der Waals surface area contributed by atoms with Gasteiger partial charge in [-0.25, -0.2) is 0 Å². The summed E-state index contributed by atoms with van der Waals surface area (Å²) in [7, 11) is 1.61. The molecule has 0 radical (unpaired) electrons. The molecule has 1 N–H and O–H groups in total. The minimum Gasteiger partial charge on any atom is -0.497 e. The third kappa shape index (κ3) is 6.01. The zero-order chi connectivity index (χ0) is 17.4. The zero-order valence-electron chi connectivity index (χ0n) is 13.6. The molecular formula is C18H20ClNO4. The molecule has 24 heavy (non-hydrogen) atoms. The van der Waals surface area contributed by atoms with E-state index in [2.05, 4.69) is 5.32 Å². The Balaban J connectivity index is 1.70. The number of hydrogen-bond donors (Lipinski definition) is 1. The molecule has 0 bridgehead atoms. The molecule has 0 aromatic heterocycles. The summed E-state index contributed by atoms with van der Waals surface area (Å²) in [5.74, 6) is 1.81. The summed E-state index contributed by atoms with van der Waals surface area (Å²) >= 11 is 5.86. The summed E-state index contributed by atoms with van der Waals surface area (Å²) in [5.41, 5.74) is 0. The number of amides is 1. The minimum atomic E-state index is -0.221. The highest BCUT2D eigenvalue weighted by Crippen LogP contribution is 2.18. The van der Waals surface area contributed by atoms with Crippen LogP contribution in [0.2, 0.25) is 5.02 Å². The van der Waals surface area contributed by atoms with Crippen LogP contribution in [-0.2, 0) is 4.79 Å². The van der Waals surface area contributed by atoms with Crippen LogP contribution >= 0.6 is 11.6 Å². The van der Waals surface area contributed by atoms with Gasteiger partial charge < -0.3 is 19.5 Å². The molecular weight excluding hydrogens is 330 g/mol. The predicted molar refractivity (Wildman–Crippen MR) is 93.0 cm³/mol. The van der Waals surface area contributed by atoms with Crippen LogP contribution in [0.25, 0.3) is 0 Å². The molecule has 0 aliphatic rings. The van der Waals surface area contributed by atoms with Crippen LogP contribution < -0.4 is 19.5 Å². The van der Waals surface area contributed by atoms with Gasteiger partial charge in [0.15, 0.2) is 6.61 Å². The van der Waals surface area contributed by atoms with Crippen molar-refractivity contribution >= 4 is 17.5 Å². The van der Waals surface area contributed by atoms with Crippen molar-refractivity contribution in [2.75, 3.05) is 20.3 Å². The molecule has 0 spiro atoms. The van der Waals surface area contributed by atoms with Crippen LogP contribution in [-0.4, -0.2) is 32.3 Å². The van der Waals surface area contributed by atoms with E-state index in [0.717, 1.165) is 5.75 Å². The van der Waals surface area contributed by atoms with Crippen LogP contribution in [0.15, 0.2) is 48.5 Å². The average molecular weight is 350 g/mol. The molecule has 0 unspecified atom stereocenters. The Morgan fingerprint density at radius 1 is 1.08 bits per heavy atom. The maximum Gasteiger partial charge on any atom is 0.258 e. The van der Waals surface area contributed by atoms with E-state index in [-0.39, 0.29) is 18.6 Å². The van der Waals surface area contributed by atoms with E-state index >= 15 is 0 Å². The Morgan fingerprint density at radius 3 is 2.46 bits per heavy atom.